The van der Waals surface area contributed by atoms with E-state index < -0.39 is 17.4 Å². The largest absolute Gasteiger partial charge is 0.147 e. The number of rotatable bonds is 6. The van der Waals surface area contributed by atoms with Gasteiger partial charge in [-0.2, -0.15) is 0 Å². The monoisotopic (exact) mass is 851 g/mol. The minimum absolute atomic E-state index is 0. The van der Waals surface area contributed by atoms with E-state index in [4.69, 9.17) is 0 Å². The Labute approximate surface area is 341 Å². The molecule has 0 saturated carbocycles. The predicted molar refractivity (Wildman–Crippen MR) is 242 cm³/mol. The Morgan fingerprint density at radius 3 is 1.76 bits per heavy atom. The number of nitrogens with zero attached hydrogens (tertiary/aromatic N) is 1. The van der Waals surface area contributed by atoms with Crippen LogP contribution in [-0.2, 0) is 28.2 Å². The van der Waals surface area contributed by atoms with Crippen LogP contribution in [0.15, 0.2) is 129 Å². The van der Waals surface area contributed by atoms with Crippen molar-refractivity contribution in [1.29, 1.82) is 0 Å². The summed E-state index contributed by atoms with van der Waals surface area (Å²) in [5.74, 6) is 0.453. The standard InChI is InChI=1S/C30H33.C17H18N.2CH3.2ClH.H2Si.Zr/c1-20-16-24-18-23(21-8-12-25(13-9-21)29(2,3)4)19-28(27(24)17-20)22-10-14-26(15-11-22)30(5,6)7;1-12(2)14-10-15-9-13(3)18(17(15)11-14)16-7-5-4-6-8-16;;;;;;/h8-19H,1-7H3;4-9,11-13H,1-3H3;2*1H3;2*1H;1H2;. The van der Waals surface area contributed by atoms with Crippen molar-refractivity contribution in [3.63, 3.8) is 0 Å². The number of benzene rings is 4. The maximum absolute atomic E-state index is 3.90. The van der Waals surface area contributed by atoms with Gasteiger partial charge in [0, 0.05) is 0 Å². The number of para-hydroxylation sites is 1. The number of halogens is 2. The summed E-state index contributed by atoms with van der Waals surface area (Å²) >= 11 is -3.90. The van der Waals surface area contributed by atoms with Crippen molar-refractivity contribution >= 4 is 43.5 Å². The van der Waals surface area contributed by atoms with Crippen LogP contribution in [0, 0.1) is 5.92 Å². The molecule has 0 N–H and O–H groups in total. The van der Waals surface area contributed by atoms with Gasteiger partial charge in [-0.25, -0.2) is 0 Å². The van der Waals surface area contributed by atoms with Crippen molar-refractivity contribution in [2.24, 2.45) is 5.92 Å². The zero-order valence-electron chi connectivity index (χ0n) is 34.6. The molecule has 4 aromatic carbocycles. The molecule has 1 nitrogen and oxygen atoms in total. The Balaban J connectivity index is 0.00000280. The van der Waals surface area contributed by atoms with Gasteiger partial charge in [0.1, 0.15) is 0 Å². The molecule has 5 heteroatoms. The molecule has 4 aromatic rings. The van der Waals surface area contributed by atoms with Gasteiger partial charge in [0.2, 0.25) is 0 Å². The Hall–Kier alpha value is -2.68. The molecule has 0 spiro atoms. The summed E-state index contributed by atoms with van der Waals surface area (Å²) in [7, 11) is 0. The van der Waals surface area contributed by atoms with E-state index in [-0.39, 0.29) is 35.6 Å². The molecule has 54 heavy (non-hydrogen) atoms. The smallest absolute Gasteiger partial charge is 0.147 e. The van der Waals surface area contributed by atoms with Crippen LogP contribution in [0.1, 0.15) is 95.1 Å². The molecule has 1 aliphatic heterocycles. The minimum Gasteiger partial charge on any atom is -0.147 e. The van der Waals surface area contributed by atoms with E-state index in [1.165, 1.54) is 67.0 Å². The second-order valence-electron chi connectivity index (χ2n) is 19.4. The summed E-state index contributed by atoms with van der Waals surface area (Å²) in [6.07, 6.45) is 7.72. The van der Waals surface area contributed by atoms with Gasteiger partial charge in [-0.15, -0.1) is 24.8 Å². The van der Waals surface area contributed by atoms with Crippen molar-refractivity contribution in [1.82, 2.24) is 0 Å². The molecule has 2 atom stereocenters. The molecule has 7 rings (SSSR count). The average molecular weight is 854 g/mol. The predicted octanol–water partition coefficient (Wildman–Crippen LogP) is 13.9. The average Bonchev–Trinajstić information content (AvgIpc) is 3.72. The second kappa shape index (κ2) is 14.7. The summed E-state index contributed by atoms with van der Waals surface area (Å²) in [5.41, 5.74) is 18.5. The molecule has 0 aromatic heterocycles. The van der Waals surface area contributed by atoms with E-state index in [0.29, 0.717) is 15.6 Å². The maximum atomic E-state index is 2.75. The topological polar surface area (TPSA) is 3.24 Å². The summed E-state index contributed by atoms with van der Waals surface area (Å²) in [5, 5.41) is 0. The third-order valence-corrected chi connectivity index (χ3v) is 28.5. The number of hydrogen-bond donors (Lipinski definition) is 0. The molecule has 3 aliphatic rings. The Bertz CT molecular complexity index is 2270. The van der Waals surface area contributed by atoms with E-state index in [2.05, 4.69) is 200 Å². The number of anilines is 1. The summed E-state index contributed by atoms with van der Waals surface area (Å²) in [6.45, 7) is 25.9. The molecule has 0 saturated heterocycles. The Morgan fingerprint density at radius 2 is 1.24 bits per heavy atom. The molecule has 284 valence electrons. The SMILES string of the molecule is CC1=Cc2c(-c3ccc(C(C)(C)C)cc3)cc(-c3ccc(C(C)(C)C)cc3)cc2[CH]1[Zr]([CH3])([CH3])(=[SiH2])[C]1=C(C(C)C)C=C2C1=CC(C)N2c1ccccc1.Cl.Cl. The fraction of sp³-hybridized carbons (Fsp3) is 0.347. The fourth-order valence-corrected chi connectivity index (χ4v) is 28.5. The first-order valence-electron chi connectivity index (χ1n) is 19.4. The third kappa shape index (κ3) is 7.33. The van der Waals surface area contributed by atoms with E-state index in [0.717, 1.165) is 0 Å². The van der Waals surface area contributed by atoms with Crippen molar-refractivity contribution < 1.29 is 17.4 Å². The number of hydrogen-bond acceptors (Lipinski definition) is 1. The van der Waals surface area contributed by atoms with E-state index >= 15 is 0 Å². The fourth-order valence-electron chi connectivity index (χ4n) is 9.54. The zero-order chi connectivity index (χ0) is 37.6. The maximum Gasteiger partial charge on any atom is -0.147 e. The van der Waals surface area contributed by atoms with Crippen LogP contribution >= 0.6 is 24.8 Å². The van der Waals surface area contributed by atoms with Crippen molar-refractivity contribution in [3.05, 3.63) is 151 Å². The van der Waals surface area contributed by atoms with E-state index in [9.17, 15) is 0 Å². The van der Waals surface area contributed by atoms with Gasteiger partial charge in [-0.3, -0.25) is 0 Å². The molecule has 0 bridgehead atoms. The van der Waals surface area contributed by atoms with Crippen molar-refractivity contribution in [3.8, 4) is 22.3 Å². The molecule has 0 amide bonds. The van der Waals surface area contributed by atoms with Crippen LogP contribution < -0.4 is 4.90 Å². The molecule has 0 fully saturated rings. The Morgan fingerprint density at radius 1 is 0.704 bits per heavy atom. The van der Waals surface area contributed by atoms with Crippen molar-refractivity contribution in [2.45, 2.75) is 99.0 Å². The molecule has 2 aliphatic carbocycles. The van der Waals surface area contributed by atoms with Crippen LogP contribution in [0.4, 0.5) is 5.69 Å². The van der Waals surface area contributed by atoms with Gasteiger partial charge in [0.05, 0.1) is 0 Å². The van der Waals surface area contributed by atoms with Gasteiger partial charge in [0.15, 0.2) is 0 Å². The van der Waals surface area contributed by atoms with Gasteiger partial charge in [-0.1, -0.05) is 0 Å². The Kier molecular flexibility index (Phi) is 11.5. The van der Waals surface area contributed by atoms with Crippen molar-refractivity contribution in [2.75, 3.05) is 4.90 Å². The summed E-state index contributed by atoms with van der Waals surface area (Å²) < 4.78 is 7.64. The summed E-state index contributed by atoms with van der Waals surface area (Å²) in [6, 6.07) is 35.2. The number of allylic oxidation sites excluding steroid dienone is 4. The molecule has 2 unspecified atom stereocenters. The van der Waals surface area contributed by atoms with Crippen LogP contribution in [0.3, 0.4) is 0 Å². The van der Waals surface area contributed by atoms with Gasteiger partial charge in [-0.05, 0) is 0 Å². The first-order valence-corrected chi connectivity index (χ1v) is 32.9. The molecule has 1 heterocycles. The van der Waals surface area contributed by atoms with E-state index in [1.54, 1.807) is 8.85 Å². The van der Waals surface area contributed by atoms with Crippen LogP contribution in [0.2, 0.25) is 9.26 Å². The van der Waals surface area contributed by atoms with Crippen LogP contribution in [-0.4, -0.2) is 12.9 Å². The third-order valence-electron chi connectivity index (χ3n) is 12.1. The minimum atomic E-state index is -3.90. The van der Waals surface area contributed by atoms with Gasteiger partial charge in [0.25, 0.3) is 0 Å². The second-order valence-corrected chi connectivity index (χ2v) is 48.7. The number of fused-ring (bicyclic) bond motifs is 2. The van der Waals surface area contributed by atoms with Crippen LogP contribution in [0.5, 0.6) is 0 Å². The zero-order valence-corrected chi connectivity index (χ0v) is 40.1. The molecule has 0 radical (unpaired) electrons. The van der Waals surface area contributed by atoms with Gasteiger partial charge >= 0.3 is 319 Å². The molecular formula is C49H61Cl2NSiZr. The first-order chi connectivity index (χ1) is 24.2. The summed E-state index contributed by atoms with van der Waals surface area (Å²) in [4.78, 5) is 2.57. The molecular weight excluding hydrogens is 793 g/mol. The van der Waals surface area contributed by atoms with E-state index in [1.807, 2.05) is 0 Å². The first kappa shape index (κ1) is 42.5. The van der Waals surface area contributed by atoms with Crippen LogP contribution in [0.25, 0.3) is 28.3 Å². The van der Waals surface area contributed by atoms with Gasteiger partial charge < -0.3 is 0 Å². The normalized spacial score (nSPS) is 18.5. The quantitative estimate of drug-likeness (QED) is 0.175.